The molecule has 0 saturated carbocycles. The minimum Gasteiger partial charge on any atom is -0.388 e. The van der Waals surface area contributed by atoms with Crippen molar-refractivity contribution in [3.05, 3.63) is 42.0 Å². The summed E-state index contributed by atoms with van der Waals surface area (Å²) in [5.41, 5.74) is 2.70. The highest BCUT2D eigenvalue weighted by atomic mass is 16.5. The van der Waals surface area contributed by atoms with E-state index in [1.165, 1.54) is 0 Å². The van der Waals surface area contributed by atoms with Gasteiger partial charge in [0.15, 0.2) is 0 Å². The van der Waals surface area contributed by atoms with Gasteiger partial charge in [-0.25, -0.2) is 0 Å². The number of methoxy groups -OCH3 is 2. The van der Waals surface area contributed by atoms with Gasteiger partial charge in [0.2, 0.25) is 0 Å². The van der Waals surface area contributed by atoms with Crippen molar-refractivity contribution < 1.29 is 19.1 Å². The van der Waals surface area contributed by atoms with Gasteiger partial charge in [0.1, 0.15) is 12.6 Å². The molecule has 0 spiro atoms. The zero-order chi connectivity index (χ0) is 17.2. The number of ether oxygens (including phenoxy) is 2. The third-order valence-electron chi connectivity index (χ3n) is 2.25. The monoisotopic (exact) mass is 309 g/mol. The second kappa shape index (κ2) is 17.1. The van der Waals surface area contributed by atoms with E-state index in [1.807, 2.05) is 31.3 Å². The predicted molar refractivity (Wildman–Crippen MR) is 90.4 cm³/mol. The normalized spacial score (nSPS) is 8.55. The van der Waals surface area contributed by atoms with E-state index < -0.39 is 0 Å². The smallest absolute Gasteiger partial charge is 0.145 e. The Bertz CT molecular complexity index is 398. The zero-order valence-corrected chi connectivity index (χ0v) is 13.9. The molecule has 0 atom stereocenters. The van der Waals surface area contributed by atoms with Gasteiger partial charge in [0, 0.05) is 33.4 Å². The average molecular weight is 309 g/mol. The Morgan fingerprint density at radius 3 is 1.86 bits per heavy atom. The van der Waals surface area contributed by atoms with Gasteiger partial charge in [-0.2, -0.15) is 0 Å². The average Bonchev–Trinajstić information content (AvgIpc) is 2.55. The summed E-state index contributed by atoms with van der Waals surface area (Å²) < 4.78 is 9.31. The van der Waals surface area contributed by atoms with Crippen molar-refractivity contribution in [3.63, 3.8) is 0 Å². The van der Waals surface area contributed by atoms with E-state index >= 15 is 0 Å². The summed E-state index contributed by atoms with van der Waals surface area (Å²) in [6, 6.07) is 7.80. The van der Waals surface area contributed by atoms with Crippen LogP contribution in [0.15, 0.2) is 36.4 Å². The van der Waals surface area contributed by atoms with Crippen LogP contribution >= 0.6 is 0 Å². The van der Waals surface area contributed by atoms with E-state index in [1.54, 1.807) is 21.1 Å². The van der Waals surface area contributed by atoms with Crippen LogP contribution in [0.1, 0.15) is 12.5 Å². The van der Waals surface area contributed by atoms with Gasteiger partial charge in [-0.3, -0.25) is 4.79 Å². The van der Waals surface area contributed by atoms with Gasteiger partial charge in [-0.15, -0.1) is 0 Å². The lowest BCUT2D eigenvalue weighted by Gasteiger charge is -1.99. The van der Waals surface area contributed by atoms with E-state index in [0.717, 1.165) is 23.8 Å². The molecule has 0 radical (unpaired) electrons. The fourth-order valence-electron chi connectivity index (χ4n) is 1.07. The molecule has 0 bridgehead atoms. The van der Waals surface area contributed by atoms with Crippen LogP contribution in [0.25, 0.3) is 0 Å². The van der Waals surface area contributed by atoms with Crippen molar-refractivity contribution in [2.45, 2.75) is 13.3 Å². The van der Waals surface area contributed by atoms with Gasteiger partial charge in [-0.1, -0.05) is 18.7 Å². The van der Waals surface area contributed by atoms with Crippen LogP contribution < -0.4 is 5.32 Å². The Morgan fingerprint density at radius 2 is 1.59 bits per heavy atom. The minimum atomic E-state index is 0.504. The van der Waals surface area contributed by atoms with Gasteiger partial charge in [0.05, 0.1) is 13.2 Å². The number of benzene rings is 1. The Labute approximate surface area is 133 Å². The van der Waals surface area contributed by atoms with E-state index in [-0.39, 0.29) is 0 Å². The van der Waals surface area contributed by atoms with E-state index in [2.05, 4.69) is 21.4 Å². The first-order valence-electron chi connectivity index (χ1n) is 6.84. The van der Waals surface area contributed by atoms with Crippen molar-refractivity contribution in [1.82, 2.24) is 0 Å². The number of rotatable bonds is 7. The fourth-order valence-corrected chi connectivity index (χ4v) is 1.07. The first-order valence-corrected chi connectivity index (χ1v) is 6.84. The van der Waals surface area contributed by atoms with E-state index in [9.17, 15) is 9.59 Å². The molecule has 1 rings (SSSR count). The van der Waals surface area contributed by atoms with Crippen LogP contribution in [-0.2, 0) is 25.5 Å². The predicted octanol–water partition coefficient (Wildman–Crippen LogP) is 2.51. The van der Waals surface area contributed by atoms with Crippen LogP contribution in [-0.4, -0.2) is 47.1 Å². The van der Waals surface area contributed by atoms with Gasteiger partial charge in [-0.05, 0) is 30.2 Å². The summed E-state index contributed by atoms with van der Waals surface area (Å²) in [7, 11) is 5.17. The standard InChI is InChI=1S/C9H11NO.C4H10O2.C4H6O/c1-10-9-4-2-8(3-5-9)6-7-11;1-5-3-4-6-2;1-4(2)3-5/h2-5,7,10H,6H2,1H3;3-4H2,1-2H3;3H,1H2,2H3. The van der Waals surface area contributed by atoms with Crippen molar-refractivity contribution >= 4 is 18.3 Å². The summed E-state index contributed by atoms with van der Waals surface area (Å²) in [6.07, 6.45) is 2.14. The highest BCUT2D eigenvalue weighted by Crippen LogP contribution is 2.07. The molecule has 124 valence electrons. The fraction of sp³-hybridized carbons (Fsp3) is 0.412. The van der Waals surface area contributed by atoms with Crippen LogP contribution in [0.2, 0.25) is 0 Å². The number of carbonyl (C=O) groups is 2. The second-order valence-electron chi connectivity index (χ2n) is 4.27. The topological polar surface area (TPSA) is 64.6 Å². The highest BCUT2D eigenvalue weighted by Gasteiger charge is 1.90. The molecule has 0 saturated heterocycles. The number of aldehydes is 2. The quantitative estimate of drug-likeness (QED) is 0.476. The Balaban J connectivity index is 0. The number of hydrogen-bond donors (Lipinski definition) is 1. The van der Waals surface area contributed by atoms with Crippen LogP contribution in [0.5, 0.6) is 0 Å². The molecule has 0 fully saturated rings. The highest BCUT2D eigenvalue weighted by molar-refractivity contribution is 5.70. The second-order valence-corrected chi connectivity index (χ2v) is 4.27. The maximum Gasteiger partial charge on any atom is 0.145 e. The lowest BCUT2D eigenvalue weighted by Crippen LogP contribution is -1.96. The van der Waals surface area contributed by atoms with Crippen molar-refractivity contribution in [2.75, 3.05) is 39.8 Å². The maximum absolute atomic E-state index is 10.1. The summed E-state index contributed by atoms with van der Waals surface area (Å²) >= 11 is 0. The molecule has 1 N–H and O–H groups in total. The van der Waals surface area contributed by atoms with E-state index in [0.29, 0.717) is 25.2 Å². The molecule has 1 aromatic rings. The van der Waals surface area contributed by atoms with Gasteiger partial charge >= 0.3 is 0 Å². The van der Waals surface area contributed by atoms with Crippen molar-refractivity contribution in [2.24, 2.45) is 0 Å². The molecular formula is C17H27NO4. The van der Waals surface area contributed by atoms with Crippen LogP contribution in [0, 0.1) is 0 Å². The molecular weight excluding hydrogens is 282 g/mol. The zero-order valence-electron chi connectivity index (χ0n) is 13.9. The molecule has 22 heavy (non-hydrogen) atoms. The van der Waals surface area contributed by atoms with Crippen molar-refractivity contribution in [3.8, 4) is 0 Å². The lowest BCUT2D eigenvalue weighted by molar-refractivity contribution is -0.107. The molecule has 5 nitrogen and oxygen atoms in total. The SMILES string of the molecule is C=C(C)C=O.CNc1ccc(CC=O)cc1.COCCOC. The first-order chi connectivity index (χ1) is 10.5. The molecule has 0 aliphatic carbocycles. The number of allylic oxidation sites excluding steroid dienone is 1. The van der Waals surface area contributed by atoms with E-state index in [4.69, 9.17) is 0 Å². The number of nitrogens with one attached hydrogen (secondary N) is 1. The number of hydrogen-bond acceptors (Lipinski definition) is 5. The summed E-state index contributed by atoms with van der Waals surface area (Å²) in [5.74, 6) is 0. The molecule has 0 aliphatic heterocycles. The molecule has 0 amide bonds. The van der Waals surface area contributed by atoms with Crippen LogP contribution in [0.3, 0.4) is 0 Å². The molecule has 1 aromatic carbocycles. The third-order valence-corrected chi connectivity index (χ3v) is 2.25. The lowest BCUT2D eigenvalue weighted by atomic mass is 10.1. The summed E-state index contributed by atoms with van der Waals surface area (Å²) in [6.45, 7) is 6.35. The molecule has 0 aromatic heterocycles. The van der Waals surface area contributed by atoms with Crippen molar-refractivity contribution in [1.29, 1.82) is 0 Å². The maximum atomic E-state index is 10.1. The van der Waals surface area contributed by atoms with Gasteiger partial charge in [0.25, 0.3) is 0 Å². The number of anilines is 1. The Kier molecular flexibility index (Phi) is 17.3. The van der Waals surface area contributed by atoms with Crippen LogP contribution in [0.4, 0.5) is 5.69 Å². The summed E-state index contributed by atoms with van der Waals surface area (Å²) in [5, 5.41) is 3.01. The third kappa shape index (κ3) is 16.1. The molecule has 0 heterocycles. The first kappa shape index (κ1) is 22.3. The number of carbonyl (C=O) groups excluding carboxylic acids is 2. The molecule has 0 unspecified atom stereocenters. The largest absolute Gasteiger partial charge is 0.388 e. The molecule has 5 heteroatoms. The van der Waals surface area contributed by atoms with Gasteiger partial charge < -0.3 is 19.6 Å². The summed E-state index contributed by atoms with van der Waals surface area (Å²) in [4.78, 5) is 19.5. The molecule has 0 aliphatic rings. The minimum absolute atomic E-state index is 0.504. The Morgan fingerprint density at radius 1 is 1.14 bits per heavy atom. The Hall–Kier alpha value is -1.98.